The van der Waals surface area contributed by atoms with E-state index >= 15 is 0 Å². The molecular formula is C12H11NOS. The van der Waals surface area contributed by atoms with Gasteiger partial charge in [0.05, 0.1) is 4.90 Å². The van der Waals surface area contributed by atoms with Crippen LogP contribution in [0.5, 0.6) is 0 Å². The van der Waals surface area contributed by atoms with Crippen LogP contribution in [0.4, 0.5) is 5.69 Å². The van der Waals surface area contributed by atoms with Crippen molar-refractivity contribution in [3.05, 3.63) is 60.7 Å². The standard InChI is InChI=1S/C12H11NOS/c14-15(12-9-5-2-6-10-12)13-11-7-3-1-4-8-11/h1-10,13H/t15-/m0/s1. The molecule has 0 aliphatic rings. The summed E-state index contributed by atoms with van der Waals surface area (Å²) in [6, 6.07) is 18.9. The first-order valence-corrected chi connectivity index (χ1v) is 5.80. The van der Waals surface area contributed by atoms with Crippen LogP contribution in [0.15, 0.2) is 65.6 Å². The van der Waals surface area contributed by atoms with Crippen molar-refractivity contribution in [3.63, 3.8) is 0 Å². The average molecular weight is 217 g/mol. The maximum atomic E-state index is 11.8. The number of rotatable bonds is 3. The van der Waals surface area contributed by atoms with Crippen molar-refractivity contribution < 1.29 is 4.21 Å². The summed E-state index contributed by atoms with van der Waals surface area (Å²) >= 11 is 0. The molecule has 0 bridgehead atoms. The zero-order valence-electron chi connectivity index (χ0n) is 8.09. The third-order valence-electron chi connectivity index (χ3n) is 1.94. The van der Waals surface area contributed by atoms with E-state index in [1.807, 2.05) is 60.7 Å². The summed E-state index contributed by atoms with van der Waals surface area (Å²) in [5, 5.41) is 0. The maximum Gasteiger partial charge on any atom is 0.150 e. The number of anilines is 1. The Balaban J connectivity index is 2.12. The zero-order valence-corrected chi connectivity index (χ0v) is 8.91. The van der Waals surface area contributed by atoms with Gasteiger partial charge in [-0.1, -0.05) is 36.4 Å². The summed E-state index contributed by atoms with van der Waals surface area (Å²) in [5.41, 5.74) is 0.861. The van der Waals surface area contributed by atoms with Gasteiger partial charge in [-0.15, -0.1) is 0 Å². The first kappa shape index (κ1) is 9.93. The molecule has 2 rings (SSSR count). The molecule has 0 fully saturated rings. The highest BCUT2D eigenvalue weighted by atomic mass is 32.2. The van der Waals surface area contributed by atoms with Crippen LogP contribution in [0, 0.1) is 0 Å². The lowest BCUT2D eigenvalue weighted by molar-refractivity contribution is 0.686. The van der Waals surface area contributed by atoms with Crippen molar-refractivity contribution in [1.29, 1.82) is 0 Å². The van der Waals surface area contributed by atoms with E-state index in [0.717, 1.165) is 10.6 Å². The largest absolute Gasteiger partial charge is 0.301 e. The molecule has 2 aromatic rings. The fraction of sp³-hybridized carbons (Fsp3) is 0. The predicted octanol–water partition coefficient (Wildman–Crippen LogP) is 2.82. The minimum Gasteiger partial charge on any atom is -0.301 e. The number of para-hydroxylation sites is 1. The van der Waals surface area contributed by atoms with E-state index in [0.29, 0.717) is 0 Å². The molecule has 2 aromatic carbocycles. The van der Waals surface area contributed by atoms with Gasteiger partial charge < -0.3 is 4.72 Å². The normalized spacial score (nSPS) is 12.0. The molecule has 2 nitrogen and oxygen atoms in total. The van der Waals surface area contributed by atoms with Gasteiger partial charge in [-0.05, 0) is 24.3 Å². The minimum atomic E-state index is -1.18. The number of benzene rings is 2. The first-order chi connectivity index (χ1) is 7.36. The highest BCUT2D eigenvalue weighted by Crippen LogP contribution is 2.11. The number of hydrogen-bond acceptors (Lipinski definition) is 1. The van der Waals surface area contributed by atoms with Crippen LogP contribution in [0.2, 0.25) is 0 Å². The van der Waals surface area contributed by atoms with Gasteiger partial charge in [0.25, 0.3) is 0 Å². The molecular weight excluding hydrogens is 206 g/mol. The van der Waals surface area contributed by atoms with E-state index in [1.165, 1.54) is 0 Å². The molecule has 0 amide bonds. The average Bonchev–Trinajstić information content (AvgIpc) is 2.31. The Bertz CT molecular complexity index is 442. The third kappa shape index (κ3) is 2.67. The lowest BCUT2D eigenvalue weighted by Gasteiger charge is -2.04. The fourth-order valence-corrected chi connectivity index (χ4v) is 2.09. The topological polar surface area (TPSA) is 29.1 Å². The summed E-state index contributed by atoms with van der Waals surface area (Å²) < 4.78 is 14.7. The lowest BCUT2D eigenvalue weighted by atomic mass is 10.3. The molecule has 0 saturated heterocycles. The van der Waals surface area contributed by atoms with Gasteiger partial charge in [0.1, 0.15) is 11.0 Å². The molecule has 0 saturated carbocycles. The van der Waals surface area contributed by atoms with Crippen molar-refractivity contribution in [2.75, 3.05) is 4.72 Å². The Morgan fingerprint density at radius 3 is 1.93 bits per heavy atom. The van der Waals surface area contributed by atoms with E-state index in [2.05, 4.69) is 4.72 Å². The van der Waals surface area contributed by atoms with Gasteiger partial charge in [-0.3, -0.25) is 0 Å². The Hall–Kier alpha value is -1.61. The number of hydrogen-bond donors (Lipinski definition) is 1. The van der Waals surface area contributed by atoms with Crippen LogP contribution in [0.25, 0.3) is 0 Å². The Morgan fingerprint density at radius 2 is 1.33 bits per heavy atom. The van der Waals surface area contributed by atoms with Crippen molar-refractivity contribution in [2.45, 2.75) is 4.90 Å². The van der Waals surface area contributed by atoms with Gasteiger partial charge in [-0.2, -0.15) is 0 Å². The number of nitrogens with one attached hydrogen (secondary N) is 1. The molecule has 1 atom stereocenters. The fourth-order valence-electron chi connectivity index (χ4n) is 1.22. The van der Waals surface area contributed by atoms with E-state index < -0.39 is 11.0 Å². The summed E-state index contributed by atoms with van der Waals surface area (Å²) in [6.45, 7) is 0. The quantitative estimate of drug-likeness (QED) is 0.841. The van der Waals surface area contributed by atoms with Crippen molar-refractivity contribution in [2.24, 2.45) is 0 Å². The molecule has 3 heteroatoms. The van der Waals surface area contributed by atoms with Gasteiger partial charge in [0.15, 0.2) is 0 Å². The summed E-state index contributed by atoms with van der Waals surface area (Å²) in [6.07, 6.45) is 0. The van der Waals surface area contributed by atoms with Gasteiger partial charge >= 0.3 is 0 Å². The monoisotopic (exact) mass is 217 g/mol. The Kier molecular flexibility index (Phi) is 3.15. The van der Waals surface area contributed by atoms with Crippen LogP contribution in [0.1, 0.15) is 0 Å². The third-order valence-corrected chi connectivity index (χ3v) is 3.06. The van der Waals surface area contributed by atoms with E-state index in [1.54, 1.807) is 0 Å². The summed E-state index contributed by atoms with van der Waals surface area (Å²) in [4.78, 5) is 0.779. The van der Waals surface area contributed by atoms with Crippen LogP contribution < -0.4 is 4.72 Å². The second-order valence-corrected chi connectivity index (χ2v) is 4.26. The zero-order chi connectivity index (χ0) is 10.5. The smallest absolute Gasteiger partial charge is 0.150 e. The van der Waals surface area contributed by atoms with Crippen molar-refractivity contribution >= 4 is 16.7 Å². The SMILES string of the molecule is O=[S@](Nc1ccccc1)c1ccccc1. The Morgan fingerprint density at radius 1 is 0.800 bits per heavy atom. The van der Waals surface area contributed by atoms with E-state index in [4.69, 9.17) is 0 Å². The molecule has 0 aliphatic heterocycles. The molecule has 0 aliphatic carbocycles. The maximum absolute atomic E-state index is 11.8. The van der Waals surface area contributed by atoms with Crippen molar-refractivity contribution in [3.8, 4) is 0 Å². The molecule has 0 aromatic heterocycles. The molecule has 0 radical (unpaired) electrons. The van der Waals surface area contributed by atoms with Crippen LogP contribution >= 0.6 is 0 Å². The van der Waals surface area contributed by atoms with Gasteiger partial charge in [0.2, 0.25) is 0 Å². The summed E-state index contributed by atoms with van der Waals surface area (Å²) in [5.74, 6) is 0. The Labute approximate surface area is 91.5 Å². The molecule has 0 heterocycles. The minimum absolute atomic E-state index is 0.779. The lowest BCUT2D eigenvalue weighted by Crippen LogP contribution is -2.03. The highest BCUT2D eigenvalue weighted by molar-refractivity contribution is 7.86. The van der Waals surface area contributed by atoms with Crippen molar-refractivity contribution in [1.82, 2.24) is 0 Å². The molecule has 1 N–H and O–H groups in total. The van der Waals surface area contributed by atoms with Gasteiger partial charge in [0, 0.05) is 5.69 Å². The van der Waals surface area contributed by atoms with Crippen LogP contribution in [-0.4, -0.2) is 4.21 Å². The van der Waals surface area contributed by atoms with Crippen LogP contribution in [-0.2, 0) is 11.0 Å². The van der Waals surface area contributed by atoms with Crippen LogP contribution in [0.3, 0.4) is 0 Å². The second-order valence-electron chi connectivity index (χ2n) is 3.05. The molecule has 0 spiro atoms. The second kappa shape index (κ2) is 4.75. The first-order valence-electron chi connectivity index (χ1n) is 4.65. The predicted molar refractivity (Wildman–Crippen MR) is 62.9 cm³/mol. The van der Waals surface area contributed by atoms with E-state index in [-0.39, 0.29) is 0 Å². The molecule has 0 unspecified atom stereocenters. The van der Waals surface area contributed by atoms with E-state index in [9.17, 15) is 4.21 Å². The van der Waals surface area contributed by atoms with Gasteiger partial charge in [-0.25, -0.2) is 4.21 Å². The molecule has 15 heavy (non-hydrogen) atoms. The summed E-state index contributed by atoms with van der Waals surface area (Å²) in [7, 11) is -1.18. The molecule has 76 valence electrons. The highest BCUT2D eigenvalue weighted by Gasteiger charge is 2.01.